The molecule has 0 saturated carbocycles. The van der Waals surface area contributed by atoms with Crippen LogP contribution in [0.5, 0.6) is 11.5 Å². The number of nitrogens with zero attached hydrogens (tertiary/aromatic N) is 4. The van der Waals surface area contributed by atoms with Gasteiger partial charge in [-0.25, -0.2) is 13.1 Å². The van der Waals surface area contributed by atoms with Crippen molar-refractivity contribution in [3.8, 4) is 34.0 Å². The molecule has 4 aromatic carbocycles. The first-order valence-corrected chi connectivity index (χ1v) is 15.4. The summed E-state index contributed by atoms with van der Waals surface area (Å²) in [5.74, 6) is 0.691. The number of methoxy groups -OCH3 is 3. The average Bonchev–Trinajstić information content (AvgIpc) is 3.54. The number of alkyl halides is 3. The first kappa shape index (κ1) is 33.1. The lowest BCUT2D eigenvalue weighted by molar-refractivity contribution is -0.139. The van der Waals surface area contributed by atoms with Crippen LogP contribution in [0.4, 0.5) is 13.2 Å². The molecule has 0 atom stereocenters. The summed E-state index contributed by atoms with van der Waals surface area (Å²) >= 11 is 0. The van der Waals surface area contributed by atoms with Crippen LogP contribution in [0.2, 0.25) is 0 Å². The summed E-state index contributed by atoms with van der Waals surface area (Å²) in [7, 11) is -0.531. The van der Waals surface area contributed by atoms with Gasteiger partial charge in [-0.05, 0) is 69.9 Å². The molecule has 0 aliphatic carbocycles. The topological polar surface area (TPSA) is 141 Å². The van der Waals surface area contributed by atoms with Gasteiger partial charge in [-0.1, -0.05) is 42.5 Å². The van der Waals surface area contributed by atoms with E-state index in [9.17, 15) is 21.6 Å². The number of hydrogen-bond donors (Lipinski definition) is 2. The number of halogens is 3. The monoisotopic (exact) mass is 666 g/mol. The van der Waals surface area contributed by atoms with E-state index in [4.69, 9.17) is 19.6 Å². The van der Waals surface area contributed by atoms with Crippen LogP contribution in [0.1, 0.15) is 22.3 Å². The van der Waals surface area contributed by atoms with E-state index < -0.39 is 32.2 Å². The van der Waals surface area contributed by atoms with Gasteiger partial charge in [0, 0.05) is 12.1 Å². The summed E-state index contributed by atoms with van der Waals surface area (Å²) in [6.45, 7) is -0.213. The average molecular weight is 667 g/mol. The number of sulfonamides is 1. The number of benzene rings is 4. The Kier molecular flexibility index (Phi) is 9.58. The predicted molar refractivity (Wildman–Crippen MR) is 167 cm³/mol. The minimum atomic E-state index is -5.06. The van der Waals surface area contributed by atoms with E-state index in [0.29, 0.717) is 34.3 Å². The Labute approximate surface area is 268 Å². The maximum Gasteiger partial charge on any atom is 0.417 e. The van der Waals surface area contributed by atoms with Crippen molar-refractivity contribution in [2.45, 2.75) is 24.2 Å². The van der Waals surface area contributed by atoms with Gasteiger partial charge in [0.2, 0.25) is 21.7 Å². The molecule has 47 heavy (non-hydrogen) atoms. The van der Waals surface area contributed by atoms with Gasteiger partial charge in [0.25, 0.3) is 0 Å². The van der Waals surface area contributed by atoms with Crippen molar-refractivity contribution in [2.24, 2.45) is 0 Å². The van der Waals surface area contributed by atoms with Crippen LogP contribution in [-0.2, 0) is 34.0 Å². The van der Waals surface area contributed by atoms with E-state index in [0.717, 1.165) is 10.4 Å². The van der Waals surface area contributed by atoms with Crippen LogP contribution >= 0.6 is 0 Å². The van der Waals surface area contributed by atoms with Gasteiger partial charge in [0.05, 0.1) is 39.0 Å². The zero-order chi connectivity index (χ0) is 33.8. The number of ether oxygens (including phenoxy) is 3. The lowest BCUT2D eigenvalue weighted by atomic mass is 9.95. The van der Waals surface area contributed by atoms with Gasteiger partial charge in [-0.2, -0.15) is 18.0 Å². The summed E-state index contributed by atoms with van der Waals surface area (Å²) in [6.07, 6.45) is -5.06. The van der Waals surface area contributed by atoms with Crippen LogP contribution < -0.4 is 14.2 Å². The van der Waals surface area contributed by atoms with E-state index in [1.165, 1.54) is 51.7 Å². The van der Waals surface area contributed by atoms with E-state index >= 15 is 0 Å². The smallest absolute Gasteiger partial charge is 0.417 e. The van der Waals surface area contributed by atoms with Crippen LogP contribution in [-0.4, -0.2) is 55.9 Å². The Morgan fingerprint density at radius 1 is 0.851 bits per heavy atom. The van der Waals surface area contributed by atoms with E-state index in [-0.39, 0.29) is 30.4 Å². The molecule has 0 saturated heterocycles. The molecule has 1 heterocycles. The number of tetrazole rings is 1. The fourth-order valence-electron chi connectivity index (χ4n) is 4.77. The van der Waals surface area contributed by atoms with Gasteiger partial charge in [-0.15, -0.1) is 10.2 Å². The lowest BCUT2D eigenvalue weighted by Crippen LogP contribution is -2.27. The van der Waals surface area contributed by atoms with Crippen molar-refractivity contribution < 1.29 is 35.8 Å². The van der Waals surface area contributed by atoms with Crippen LogP contribution in [0.15, 0.2) is 89.8 Å². The third kappa shape index (κ3) is 7.42. The molecule has 5 aromatic rings. The zero-order valence-corrected chi connectivity index (χ0v) is 26.2. The number of aromatic nitrogens is 4. The molecule has 1 aromatic heterocycles. The van der Waals surface area contributed by atoms with Crippen molar-refractivity contribution in [2.75, 3.05) is 21.3 Å². The molecule has 0 aliphatic heterocycles. The van der Waals surface area contributed by atoms with Crippen molar-refractivity contribution in [1.29, 1.82) is 5.41 Å². The fourth-order valence-corrected chi connectivity index (χ4v) is 6.21. The highest BCUT2D eigenvalue weighted by atomic mass is 32.2. The molecule has 0 bridgehead atoms. The molecule has 0 amide bonds. The molecule has 0 aliphatic rings. The Morgan fingerprint density at radius 2 is 1.45 bits per heavy atom. The molecule has 11 nitrogen and oxygen atoms in total. The SMILES string of the molecule is COC(=N)c1ccc(-c2ccc(C(F)(F)F)c(S(=O)(=O)NCc3ccc(OC)cc3)c2-c2nnn(Cc3ccc(OC)cc3)n2)cc1. The molecule has 244 valence electrons. The van der Waals surface area contributed by atoms with Crippen molar-refractivity contribution in [3.63, 3.8) is 0 Å². The maximum absolute atomic E-state index is 14.6. The highest BCUT2D eigenvalue weighted by molar-refractivity contribution is 7.89. The Morgan fingerprint density at radius 3 is 2.00 bits per heavy atom. The fraction of sp³-hybridized carbons (Fsp3) is 0.188. The van der Waals surface area contributed by atoms with Gasteiger partial charge < -0.3 is 14.2 Å². The van der Waals surface area contributed by atoms with Gasteiger partial charge in [0.1, 0.15) is 16.4 Å². The summed E-state index contributed by atoms with van der Waals surface area (Å²) in [5.41, 5.74) is 0.286. The zero-order valence-electron chi connectivity index (χ0n) is 25.4. The second kappa shape index (κ2) is 13.6. The summed E-state index contributed by atoms with van der Waals surface area (Å²) < 4.78 is 89.2. The molecule has 0 radical (unpaired) electrons. The second-order valence-electron chi connectivity index (χ2n) is 10.1. The number of nitrogens with one attached hydrogen (secondary N) is 2. The lowest BCUT2D eigenvalue weighted by Gasteiger charge is -2.19. The van der Waals surface area contributed by atoms with E-state index in [2.05, 4.69) is 20.1 Å². The maximum atomic E-state index is 14.6. The minimum absolute atomic E-state index is 0.0942. The highest BCUT2D eigenvalue weighted by Crippen LogP contribution is 2.43. The number of hydrogen-bond acceptors (Lipinski definition) is 9. The Hall–Kier alpha value is -5.28. The highest BCUT2D eigenvalue weighted by Gasteiger charge is 2.41. The van der Waals surface area contributed by atoms with Gasteiger partial charge in [-0.3, -0.25) is 5.41 Å². The van der Waals surface area contributed by atoms with E-state index in [1.54, 1.807) is 48.5 Å². The molecule has 5 rings (SSSR count). The number of rotatable bonds is 11. The normalized spacial score (nSPS) is 11.7. The molecule has 0 spiro atoms. The van der Waals surface area contributed by atoms with Gasteiger partial charge >= 0.3 is 6.18 Å². The standard InChI is InChI=1S/C32H29F3N6O5S/c1-44-24-12-4-20(5-13-24)18-37-47(42,43)29-27(32(33,34)35)17-16-26(22-8-10-23(11-9-22)30(36)46-3)28(29)31-38-40-41(39-31)19-21-6-14-25(45-2)15-7-21/h4-17,36-37H,18-19H2,1-3H3. The first-order chi connectivity index (χ1) is 22.4. The molecular weight excluding hydrogens is 637 g/mol. The van der Waals surface area contributed by atoms with Gasteiger partial charge in [0.15, 0.2) is 0 Å². The quantitative estimate of drug-likeness (QED) is 0.138. The van der Waals surface area contributed by atoms with Crippen LogP contribution in [0, 0.1) is 5.41 Å². The molecule has 0 fully saturated rings. The van der Waals surface area contributed by atoms with E-state index in [1.807, 2.05) is 0 Å². The Balaban J connectivity index is 1.66. The Bertz CT molecular complexity index is 1980. The largest absolute Gasteiger partial charge is 0.497 e. The predicted octanol–water partition coefficient (Wildman–Crippen LogP) is 5.54. The van der Waals surface area contributed by atoms with Crippen molar-refractivity contribution in [1.82, 2.24) is 24.9 Å². The third-order valence-corrected chi connectivity index (χ3v) is 8.66. The molecular formula is C32H29F3N6O5S. The van der Waals surface area contributed by atoms with Crippen molar-refractivity contribution >= 4 is 15.9 Å². The minimum Gasteiger partial charge on any atom is -0.497 e. The summed E-state index contributed by atoms with van der Waals surface area (Å²) in [6, 6.07) is 21.4. The molecule has 0 unspecified atom stereocenters. The first-order valence-electron chi connectivity index (χ1n) is 13.9. The molecule has 15 heteroatoms. The molecule has 2 N–H and O–H groups in total. The van der Waals surface area contributed by atoms with Crippen molar-refractivity contribution in [3.05, 3.63) is 107 Å². The summed E-state index contributed by atoms with van der Waals surface area (Å²) in [4.78, 5) is 0.111. The summed E-state index contributed by atoms with van der Waals surface area (Å²) in [5, 5.41) is 20.3. The third-order valence-electron chi connectivity index (χ3n) is 7.18. The second-order valence-corrected chi connectivity index (χ2v) is 11.8. The van der Waals surface area contributed by atoms with Crippen LogP contribution in [0.25, 0.3) is 22.5 Å². The van der Waals surface area contributed by atoms with Crippen LogP contribution in [0.3, 0.4) is 0 Å².